The maximum absolute atomic E-state index is 13.3. The van der Waals surface area contributed by atoms with Crippen LogP contribution in [-0.4, -0.2) is 11.5 Å². The number of benzene rings is 1. The molecule has 2 aromatic rings. The van der Waals surface area contributed by atoms with Crippen molar-refractivity contribution in [3.8, 4) is 0 Å². The Balaban J connectivity index is 2.43. The van der Waals surface area contributed by atoms with Crippen molar-refractivity contribution in [3.05, 3.63) is 59.7 Å². The maximum atomic E-state index is 13.3. The number of aromatic nitrogens is 1. The van der Waals surface area contributed by atoms with Crippen LogP contribution in [0.3, 0.4) is 0 Å². The van der Waals surface area contributed by atoms with E-state index in [-0.39, 0.29) is 11.9 Å². The van der Waals surface area contributed by atoms with Crippen LogP contribution < -0.4 is 11.1 Å². The van der Waals surface area contributed by atoms with Crippen LogP contribution in [0, 0.1) is 5.82 Å². The molecule has 1 aromatic carbocycles. The van der Waals surface area contributed by atoms with E-state index in [0.717, 1.165) is 17.7 Å². The summed E-state index contributed by atoms with van der Waals surface area (Å²) >= 11 is 0. The van der Waals surface area contributed by atoms with Gasteiger partial charge in [-0.3, -0.25) is 4.98 Å². The summed E-state index contributed by atoms with van der Waals surface area (Å²) in [6.45, 7) is 2.76. The lowest BCUT2D eigenvalue weighted by Crippen LogP contribution is -2.23. The van der Waals surface area contributed by atoms with Gasteiger partial charge in [0.05, 0.1) is 6.04 Å². The molecule has 0 aliphatic rings. The fourth-order valence-corrected chi connectivity index (χ4v) is 1.96. The molecule has 1 unspecified atom stereocenters. The minimum absolute atomic E-state index is 0.139. The summed E-state index contributed by atoms with van der Waals surface area (Å²) < 4.78 is 13.3. The molecule has 0 amide bonds. The van der Waals surface area contributed by atoms with Crippen molar-refractivity contribution in [1.29, 1.82) is 0 Å². The average molecular weight is 245 g/mol. The molecule has 0 radical (unpaired) electrons. The van der Waals surface area contributed by atoms with Crippen molar-refractivity contribution in [2.45, 2.75) is 13.0 Å². The summed E-state index contributed by atoms with van der Waals surface area (Å²) in [4.78, 5) is 4.08. The summed E-state index contributed by atoms with van der Waals surface area (Å²) in [6.07, 6.45) is 3.36. The molecule has 1 atom stereocenters. The highest BCUT2D eigenvalue weighted by molar-refractivity contribution is 5.49. The molecule has 0 saturated carbocycles. The van der Waals surface area contributed by atoms with Crippen molar-refractivity contribution in [3.63, 3.8) is 0 Å². The molecule has 0 bridgehead atoms. The standard InChI is InChI=1S/C14H16FN3/c1-2-18-14(10-4-3-5-11(15)8-10)12-9-17-7-6-13(12)16/h3-9,14,18H,2H2,1H3,(H2,16,17). The molecule has 3 N–H and O–H groups in total. The van der Waals surface area contributed by atoms with E-state index in [1.165, 1.54) is 12.1 Å². The molecule has 18 heavy (non-hydrogen) atoms. The Labute approximate surface area is 106 Å². The molecule has 0 fully saturated rings. The van der Waals surface area contributed by atoms with Gasteiger partial charge in [0.25, 0.3) is 0 Å². The van der Waals surface area contributed by atoms with Gasteiger partial charge >= 0.3 is 0 Å². The van der Waals surface area contributed by atoms with E-state index in [0.29, 0.717) is 5.69 Å². The first-order valence-corrected chi connectivity index (χ1v) is 5.90. The number of rotatable bonds is 4. The van der Waals surface area contributed by atoms with Crippen LogP contribution in [-0.2, 0) is 0 Å². The number of nitrogens with one attached hydrogen (secondary N) is 1. The van der Waals surface area contributed by atoms with Crippen LogP contribution in [0.1, 0.15) is 24.1 Å². The molecule has 0 aliphatic carbocycles. The van der Waals surface area contributed by atoms with E-state index in [2.05, 4.69) is 10.3 Å². The van der Waals surface area contributed by atoms with Crippen molar-refractivity contribution in [1.82, 2.24) is 10.3 Å². The van der Waals surface area contributed by atoms with Crippen LogP contribution in [0.5, 0.6) is 0 Å². The lowest BCUT2D eigenvalue weighted by Gasteiger charge is -2.20. The number of hydrogen-bond donors (Lipinski definition) is 2. The van der Waals surface area contributed by atoms with Gasteiger partial charge in [0, 0.05) is 23.6 Å². The number of nitrogens with two attached hydrogens (primary N) is 1. The van der Waals surface area contributed by atoms with Crippen molar-refractivity contribution in [2.24, 2.45) is 0 Å². The Hall–Kier alpha value is -1.94. The van der Waals surface area contributed by atoms with Gasteiger partial charge in [0.15, 0.2) is 0 Å². The second-order valence-corrected chi connectivity index (χ2v) is 4.05. The SMILES string of the molecule is CCNC(c1cccc(F)c1)c1cnccc1N. The van der Waals surface area contributed by atoms with Crippen molar-refractivity contribution in [2.75, 3.05) is 12.3 Å². The van der Waals surface area contributed by atoms with Crippen molar-refractivity contribution < 1.29 is 4.39 Å². The average Bonchev–Trinajstić information content (AvgIpc) is 2.37. The molecule has 94 valence electrons. The monoisotopic (exact) mass is 245 g/mol. The lowest BCUT2D eigenvalue weighted by molar-refractivity contribution is 0.603. The largest absolute Gasteiger partial charge is 0.398 e. The number of hydrogen-bond acceptors (Lipinski definition) is 3. The molecule has 4 heteroatoms. The first-order valence-electron chi connectivity index (χ1n) is 5.90. The fraction of sp³-hybridized carbons (Fsp3) is 0.214. The van der Waals surface area contributed by atoms with Gasteiger partial charge in [-0.15, -0.1) is 0 Å². The van der Waals surface area contributed by atoms with Crippen LogP contribution in [0.25, 0.3) is 0 Å². The minimum atomic E-state index is -0.252. The molecular weight excluding hydrogens is 229 g/mol. The topological polar surface area (TPSA) is 50.9 Å². The Morgan fingerprint density at radius 1 is 1.39 bits per heavy atom. The number of nitrogen functional groups attached to an aromatic ring is 1. The minimum Gasteiger partial charge on any atom is -0.398 e. The Morgan fingerprint density at radius 2 is 2.22 bits per heavy atom. The number of anilines is 1. The fourth-order valence-electron chi connectivity index (χ4n) is 1.96. The van der Waals surface area contributed by atoms with Crippen molar-refractivity contribution >= 4 is 5.69 Å². The predicted octanol–water partition coefficient (Wildman–Crippen LogP) is 2.50. The maximum Gasteiger partial charge on any atom is 0.123 e. The Kier molecular flexibility index (Phi) is 3.89. The van der Waals surface area contributed by atoms with Crippen LogP contribution in [0.4, 0.5) is 10.1 Å². The summed E-state index contributed by atoms with van der Waals surface area (Å²) in [6, 6.07) is 8.13. The Morgan fingerprint density at radius 3 is 2.89 bits per heavy atom. The summed E-state index contributed by atoms with van der Waals surface area (Å²) in [5.74, 6) is -0.252. The quantitative estimate of drug-likeness (QED) is 0.870. The van der Waals surface area contributed by atoms with E-state index < -0.39 is 0 Å². The summed E-state index contributed by atoms with van der Waals surface area (Å²) in [7, 11) is 0. The second kappa shape index (κ2) is 5.60. The van der Waals surface area contributed by atoms with E-state index in [4.69, 9.17) is 5.73 Å². The molecule has 2 rings (SSSR count). The van der Waals surface area contributed by atoms with Crippen LogP contribution in [0.15, 0.2) is 42.7 Å². The zero-order valence-electron chi connectivity index (χ0n) is 10.2. The van der Waals surface area contributed by atoms with Gasteiger partial charge < -0.3 is 11.1 Å². The zero-order chi connectivity index (χ0) is 13.0. The number of pyridine rings is 1. The first-order chi connectivity index (χ1) is 8.72. The van der Waals surface area contributed by atoms with Gasteiger partial charge in [0.2, 0.25) is 0 Å². The van der Waals surface area contributed by atoms with E-state index in [1.54, 1.807) is 24.5 Å². The molecule has 1 heterocycles. The van der Waals surface area contributed by atoms with Gasteiger partial charge in [0.1, 0.15) is 5.82 Å². The Bertz CT molecular complexity index is 528. The third kappa shape index (κ3) is 2.65. The lowest BCUT2D eigenvalue weighted by atomic mass is 9.99. The number of nitrogens with zero attached hydrogens (tertiary/aromatic N) is 1. The summed E-state index contributed by atoms with van der Waals surface area (Å²) in [5, 5.41) is 3.30. The molecule has 1 aromatic heterocycles. The zero-order valence-corrected chi connectivity index (χ0v) is 10.2. The number of halogens is 1. The van der Waals surface area contributed by atoms with Gasteiger partial charge in [-0.2, -0.15) is 0 Å². The molecular formula is C14H16FN3. The van der Waals surface area contributed by atoms with Crippen LogP contribution >= 0.6 is 0 Å². The highest BCUT2D eigenvalue weighted by atomic mass is 19.1. The third-order valence-corrected chi connectivity index (χ3v) is 2.79. The third-order valence-electron chi connectivity index (χ3n) is 2.79. The smallest absolute Gasteiger partial charge is 0.123 e. The van der Waals surface area contributed by atoms with E-state index in [9.17, 15) is 4.39 Å². The van der Waals surface area contributed by atoms with Crippen LogP contribution in [0.2, 0.25) is 0 Å². The molecule has 0 aliphatic heterocycles. The highest BCUT2D eigenvalue weighted by Crippen LogP contribution is 2.26. The van der Waals surface area contributed by atoms with Gasteiger partial charge in [-0.1, -0.05) is 19.1 Å². The van der Waals surface area contributed by atoms with Gasteiger partial charge in [-0.25, -0.2) is 4.39 Å². The summed E-state index contributed by atoms with van der Waals surface area (Å²) in [5.41, 5.74) is 8.32. The normalized spacial score (nSPS) is 12.3. The van der Waals surface area contributed by atoms with E-state index in [1.807, 2.05) is 13.0 Å². The second-order valence-electron chi connectivity index (χ2n) is 4.05. The predicted molar refractivity (Wildman–Crippen MR) is 70.6 cm³/mol. The molecule has 3 nitrogen and oxygen atoms in total. The highest BCUT2D eigenvalue weighted by Gasteiger charge is 2.16. The molecule has 0 spiro atoms. The first kappa shape index (κ1) is 12.5. The van der Waals surface area contributed by atoms with E-state index >= 15 is 0 Å². The van der Waals surface area contributed by atoms with Gasteiger partial charge in [-0.05, 0) is 30.3 Å². The molecule has 0 saturated heterocycles.